The van der Waals surface area contributed by atoms with Crippen molar-refractivity contribution in [3.63, 3.8) is 0 Å². The van der Waals surface area contributed by atoms with Crippen LogP contribution in [0, 0.1) is 30.5 Å². The monoisotopic (exact) mass is 484 g/mol. The van der Waals surface area contributed by atoms with Gasteiger partial charge in [-0.25, -0.2) is 17.8 Å². The number of sulfonamides is 1. The Hall–Kier alpha value is -1.97. The number of hydrogen-bond acceptors (Lipinski definition) is 5. The van der Waals surface area contributed by atoms with Crippen molar-refractivity contribution in [2.75, 3.05) is 42.8 Å². The van der Waals surface area contributed by atoms with E-state index in [1.807, 2.05) is 0 Å². The van der Waals surface area contributed by atoms with E-state index in [0.717, 1.165) is 51.5 Å². The predicted molar refractivity (Wildman–Crippen MR) is 122 cm³/mol. The summed E-state index contributed by atoms with van der Waals surface area (Å²) in [5, 5.41) is -0.216. The van der Waals surface area contributed by atoms with Crippen LogP contribution in [0.4, 0.5) is 20.3 Å². The molecule has 6 nitrogen and oxygen atoms in total. The maximum absolute atomic E-state index is 15.3. The zero-order valence-electron chi connectivity index (χ0n) is 18.1. The van der Waals surface area contributed by atoms with Crippen LogP contribution < -0.4 is 9.62 Å². The van der Waals surface area contributed by atoms with Crippen LogP contribution in [0.5, 0.6) is 0 Å². The first-order valence-electron chi connectivity index (χ1n) is 10.7. The minimum absolute atomic E-state index is 0.216. The van der Waals surface area contributed by atoms with E-state index in [0.29, 0.717) is 17.5 Å². The molecule has 1 aromatic carbocycles. The topological polar surface area (TPSA) is 65.5 Å². The number of halogens is 3. The second-order valence-electron chi connectivity index (χ2n) is 8.76. The third kappa shape index (κ3) is 4.70. The van der Waals surface area contributed by atoms with Gasteiger partial charge in [0.05, 0.1) is 5.69 Å². The molecule has 2 saturated heterocycles. The fraction of sp³-hybridized carbons (Fsp3) is 0.500. The number of aromatic nitrogens is 1. The lowest BCUT2D eigenvalue weighted by Crippen LogP contribution is -2.34. The Kier molecular flexibility index (Phi) is 6.61. The number of pyridine rings is 1. The van der Waals surface area contributed by atoms with Gasteiger partial charge in [0.15, 0.2) is 5.82 Å². The van der Waals surface area contributed by atoms with E-state index < -0.39 is 26.7 Å². The summed E-state index contributed by atoms with van der Waals surface area (Å²) >= 11 is 6.35. The summed E-state index contributed by atoms with van der Waals surface area (Å²) in [6.07, 6.45) is 3.33. The zero-order valence-corrected chi connectivity index (χ0v) is 19.7. The maximum atomic E-state index is 15.3. The van der Waals surface area contributed by atoms with Gasteiger partial charge in [-0.1, -0.05) is 17.7 Å². The third-order valence-corrected chi connectivity index (χ3v) is 8.42. The lowest BCUT2D eigenvalue weighted by molar-refractivity contribution is 0.178. The van der Waals surface area contributed by atoms with Crippen molar-refractivity contribution in [2.45, 2.75) is 31.1 Å². The van der Waals surface area contributed by atoms with Crippen LogP contribution in [0.1, 0.15) is 24.8 Å². The van der Waals surface area contributed by atoms with Crippen molar-refractivity contribution in [2.24, 2.45) is 11.8 Å². The first-order chi connectivity index (χ1) is 15.2. The Bertz CT molecular complexity index is 1110. The summed E-state index contributed by atoms with van der Waals surface area (Å²) < 4.78 is 56.4. The molecule has 0 bridgehead atoms. The minimum atomic E-state index is -4.35. The van der Waals surface area contributed by atoms with Crippen molar-refractivity contribution in [3.8, 4) is 0 Å². The fourth-order valence-electron chi connectivity index (χ4n) is 4.82. The summed E-state index contributed by atoms with van der Waals surface area (Å²) in [6, 6.07) is 5.31. The Morgan fingerprint density at radius 2 is 1.81 bits per heavy atom. The molecule has 0 aliphatic carbocycles. The second-order valence-corrected chi connectivity index (χ2v) is 10.8. The van der Waals surface area contributed by atoms with Gasteiger partial charge in [0.2, 0.25) is 5.95 Å². The Morgan fingerprint density at radius 3 is 2.50 bits per heavy atom. The lowest BCUT2D eigenvalue weighted by Gasteiger charge is -2.32. The molecule has 3 heterocycles. The highest BCUT2D eigenvalue weighted by Gasteiger charge is 2.34. The molecular formula is C22H27ClF2N4O2S. The van der Waals surface area contributed by atoms with Crippen molar-refractivity contribution in [3.05, 3.63) is 46.6 Å². The number of hydrogen-bond donors (Lipinski definition) is 1. The van der Waals surface area contributed by atoms with Gasteiger partial charge in [-0.3, -0.25) is 4.72 Å². The fourth-order valence-corrected chi connectivity index (χ4v) is 6.46. The number of likely N-dealkylation sites (tertiary alicyclic amines) is 1. The van der Waals surface area contributed by atoms with Gasteiger partial charge in [-0.05, 0) is 81.9 Å². The van der Waals surface area contributed by atoms with E-state index >= 15 is 4.39 Å². The van der Waals surface area contributed by atoms with Gasteiger partial charge >= 0.3 is 0 Å². The van der Waals surface area contributed by atoms with E-state index in [1.54, 1.807) is 6.07 Å². The number of aryl methyl sites for hydroxylation is 1. The Labute approximate surface area is 192 Å². The van der Waals surface area contributed by atoms with Crippen molar-refractivity contribution < 1.29 is 17.2 Å². The molecule has 2 aromatic rings. The van der Waals surface area contributed by atoms with E-state index in [1.165, 1.54) is 19.1 Å². The van der Waals surface area contributed by atoms with Gasteiger partial charge in [-0.2, -0.15) is 4.39 Å². The molecule has 0 unspecified atom stereocenters. The van der Waals surface area contributed by atoms with Gasteiger partial charge in [0.25, 0.3) is 10.0 Å². The van der Waals surface area contributed by atoms with E-state index in [-0.39, 0.29) is 16.4 Å². The number of nitrogens with one attached hydrogen (secondary N) is 1. The van der Waals surface area contributed by atoms with E-state index in [2.05, 4.69) is 26.6 Å². The maximum Gasteiger partial charge on any atom is 0.266 e. The zero-order chi connectivity index (χ0) is 23.0. The van der Waals surface area contributed by atoms with Crippen LogP contribution in [0.15, 0.2) is 29.2 Å². The quantitative estimate of drug-likeness (QED) is 0.641. The Morgan fingerprint density at radius 1 is 1.12 bits per heavy atom. The molecule has 2 aliphatic rings. The van der Waals surface area contributed by atoms with Crippen molar-refractivity contribution in [1.29, 1.82) is 0 Å². The van der Waals surface area contributed by atoms with Crippen LogP contribution in [0.3, 0.4) is 0 Å². The molecule has 1 atom stereocenters. The Balaban J connectivity index is 1.56. The van der Waals surface area contributed by atoms with E-state index in [4.69, 9.17) is 11.6 Å². The summed E-state index contributed by atoms with van der Waals surface area (Å²) in [5.41, 5.74) is 0.744. The molecule has 32 heavy (non-hydrogen) atoms. The van der Waals surface area contributed by atoms with Gasteiger partial charge < -0.3 is 9.80 Å². The van der Waals surface area contributed by atoms with Gasteiger partial charge in [-0.15, -0.1) is 0 Å². The minimum Gasteiger partial charge on any atom is -0.370 e. The highest BCUT2D eigenvalue weighted by Crippen LogP contribution is 2.40. The molecule has 10 heteroatoms. The summed E-state index contributed by atoms with van der Waals surface area (Å²) in [4.78, 5) is 7.32. The van der Waals surface area contributed by atoms with Crippen LogP contribution in [-0.4, -0.2) is 51.5 Å². The molecule has 0 spiro atoms. The molecule has 0 saturated carbocycles. The molecule has 2 fully saturated rings. The average molecular weight is 485 g/mol. The third-order valence-electron chi connectivity index (χ3n) is 6.55. The highest BCUT2D eigenvalue weighted by molar-refractivity contribution is 7.92. The summed E-state index contributed by atoms with van der Waals surface area (Å²) in [6.45, 7) is 5.25. The highest BCUT2D eigenvalue weighted by atomic mass is 35.5. The van der Waals surface area contributed by atoms with Crippen molar-refractivity contribution >= 4 is 33.1 Å². The molecule has 2 aliphatic heterocycles. The second kappa shape index (κ2) is 9.11. The lowest BCUT2D eigenvalue weighted by atomic mass is 9.84. The van der Waals surface area contributed by atoms with Gasteiger partial charge in [0.1, 0.15) is 15.7 Å². The van der Waals surface area contributed by atoms with Crippen LogP contribution in [0.25, 0.3) is 0 Å². The standard InChI is InChI=1S/C22H27ClF2N4O2S/c1-14-12-17(29-11-8-16(13-29)15-6-9-28(2)10-7-15)20(23)21(25)22(14)32(30,31)27-19-5-3-4-18(24)26-19/h3-5,12,15-16H,6-11,13H2,1-2H3,(H,26,27)/t16-/m0/s1. The summed E-state index contributed by atoms with van der Waals surface area (Å²) in [7, 11) is -2.21. The summed E-state index contributed by atoms with van der Waals surface area (Å²) in [5.74, 6) is -0.919. The number of benzene rings is 1. The SMILES string of the molecule is Cc1cc(N2CC[C@H](C3CCN(C)CC3)C2)c(Cl)c(F)c1S(=O)(=O)Nc1cccc(F)n1. The predicted octanol–water partition coefficient (Wildman–Crippen LogP) is 4.29. The normalized spacial score (nSPS) is 20.7. The average Bonchev–Trinajstić information content (AvgIpc) is 3.20. The first-order valence-corrected chi connectivity index (χ1v) is 12.6. The van der Waals surface area contributed by atoms with Crippen LogP contribution >= 0.6 is 11.6 Å². The number of nitrogens with zero attached hydrogens (tertiary/aromatic N) is 3. The molecule has 0 amide bonds. The first kappa shape index (κ1) is 23.2. The largest absolute Gasteiger partial charge is 0.370 e. The van der Waals surface area contributed by atoms with Crippen LogP contribution in [0.2, 0.25) is 5.02 Å². The molecule has 1 N–H and O–H groups in total. The molecule has 1 aromatic heterocycles. The van der Waals surface area contributed by atoms with Gasteiger partial charge in [0, 0.05) is 13.1 Å². The smallest absolute Gasteiger partial charge is 0.266 e. The van der Waals surface area contributed by atoms with Crippen molar-refractivity contribution in [1.82, 2.24) is 9.88 Å². The molecular weight excluding hydrogens is 458 g/mol. The molecule has 4 rings (SSSR count). The number of rotatable bonds is 5. The molecule has 174 valence electrons. The number of anilines is 2. The van der Waals surface area contributed by atoms with E-state index in [9.17, 15) is 12.8 Å². The van der Waals surface area contributed by atoms with Crippen LogP contribution in [-0.2, 0) is 10.0 Å². The molecule has 0 radical (unpaired) electrons. The number of piperidine rings is 1.